The lowest BCUT2D eigenvalue weighted by Crippen LogP contribution is -2.49. The Labute approximate surface area is 121 Å². The predicted molar refractivity (Wildman–Crippen MR) is 85.5 cm³/mol. The van der Waals surface area contributed by atoms with Gasteiger partial charge >= 0.3 is 0 Å². The quantitative estimate of drug-likeness (QED) is 0.835. The highest BCUT2D eigenvalue weighted by Crippen LogP contribution is 2.35. The second-order valence-electron chi connectivity index (χ2n) is 8.79. The van der Waals surface area contributed by atoms with Crippen molar-refractivity contribution >= 4 is 0 Å². The lowest BCUT2D eigenvalue weighted by molar-refractivity contribution is 0.152. The van der Waals surface area contributed by atoms with Crippen molar-refractivity contribution in [3.05, 3.63) is 0 Å². The standard InChI is InChI=1S/C17H36N2/c1-13(2)15(11-18-17(6,7)8)19-10-9-14(12-19)16(3,4)5/h13-15,18H,9-12H2,1-8H3. The minimum atomic E-state index is 0.219. The highest BCUT2D eigenvalue weighted by atomic mass is 15.2. The van der Waals surface area contributed by atoms with Gasteiger partial charge in [-0.3, -0.25) is 4.90 Å². The summed E-state index contributed by atoms with van der Waals surface area (Å²) in [6.45, 7) is 22.3. The van der Waals surface area contributed by atoms with Crippen molar-refractivity contribution in [3.63, 3.8) is 0 Å². The van der Waals surface area contributed by atoms with Crippen molar-refractivity contribution in [1.82, 2.24) is 10.2 Å². The molecule has 2 heteroatoms. The lowest BCUT2D eigenvalue weighted by atomic mass is 9.80. The number of hydrogen-bond donors (Lipinski definition) is 1. The van der Waals surface area contributed by atoms with Crippen LogP contribution in [0.25, 0.3) is 0 Å². The van der Waals surface area contributed by atoms with Gasteiger partial charge in [-0.2, -0.15) is 0 Å². The molecule has 1 heterocycles. The molecule has 1 aliphatic rings. The van der Waals surface area contributed by atoms with Gasteiger partial charge in [-0.05, 0) is 51.0 Å². The zero-order valence-corrected chi connectivity index (χ0v) is 14.5. The Bertz CT molecular complexity index is 270. The molecule has 2 atom stereocenters. The second kappa shape index (κ2) is 6.13. The fourth-order valence-electron chi connectivity index (χ4n) is 2.99. The van der Waals surface area contributed by atoms with E-state index in [2.05, 4.69) is 65.6 Å². The van der Waals surface area contributed by atoms with E-state index < -0.39 is 0 Å². The molecule has 1 saturated heterocycles. The molecule has 114 valence electrons. The maximum absolute atomic E-state index is 3.69. The largest absolute Gasteiger partial charge is 0.311 e. The highest BCUT2D eigenvalue weighted by Gasteiger charge is 2.35. The van der Waals surface area contributed by atoms with Gasteiger partial charge in [0.15, 0.2) is 0 Å². The first-order chi connectivity index (χ1) is 8.50. The van der Waals surface area contributed by atoms with Gasteiger partial charge in [0.1, 0.15) is 0 Å². The summed E-state index contributed by atoms with van der Waals surface area (Å²) in [6.07, 6.45) is 1.36. The summed E-state index contributed by atoms with van der Waals surface area (Å²) in [4.78, 5) is 2.72. The fraction of sp³-hybridized carbons (Fsp3) is 1.00. The summed E-state index contributed by atoms with van der Waals surface area (Å²) in [5.41, 5.74) is 0.671. The Kier molecular flexibility index (Phi) is 5.48. The van der Waals surface area contributed by atoms with Gasteiger partial charge in [0.25, 0.3) is 0 Å². The molecule has 0 aromatic heterocycles. The van der Waals surface area contributed by atoms with Crippen LogP contribution < -0.4 is 5.32 Å². The van der Waals surface area contributed by atoms with Gasteiger partial charge in [-0.1, -0.05) is 34.6 Å². The summed E-state index contributed by atoms with van der Waals surface area (Å²) < 4.78 is 0. The van der Waals surface area contributed by atoms with Gasteiger partial charge in [-0.15, -0.1) is 0 Å². The molecule has 0 aromatic rings. The number of hydrogen-bond acceptors (Lipinski definition) is 2. The zero-order chi connectivity index (χ0) is 14.8. The monoisotopic (exact) mass is 268 g/mol. The van der Waals surface area contributed by atoms with E-state index in [1.807, 2.05) is 0 Å². The van der Waals surface area contributed by atoms with Crippen LogP contribution in [-0.4, -0.2) is 36.1 Å². The normalized spacial score (nSPS) is 24.2. The molecule has 0 aliphatic carbocycles. The Morgan fingerprint density at radius 1 is 1.11 bits per heavy atom. The first-order valence-corrected chi connectivity index (χ1v) is 8.00. The molecular weight excluding hydrogens is 232 g/mol. The van der Waals surface area contributed by atoms with Crippen molar-refractivity contribution in [2.45, 2.75) is 73.4 Å². The Hall–Kier alpha value is -0.0800. The van der Waals surface area contributed by atoms with Crippen LogP contribution in [0.15, 0.2) is 0 Å². The first kappa shape index (κ1) is 17.0. The van der Waals surface area contributed by atoms with Crippen LogP contribution in [-0.2, 0) is 0 Å². The number of nitrogens with one attached hydrogen (secondary N) is 1. The molecule has 0 radical (unpaired) electrons. The SMILES string of the molecule is CC(C)C(CNC(C)(C)C)N1CCC(C(C)(C)C)C1. The van der Waals surface area contributed by atoms with Crippen LogP contribution in [0.1, 0.15) is 61.8 Å². The van der Waals surface area contributed by atoms with Crippen LogP contribution >= 0.6 is 0 Å². The average Bonchev–Trinajstić information content (AvgIpc) is 2.63. The third-order valence-electron chi connectivity index (χ3n) is 4.52. The second-order valence-corrected chi connectivity index (χ2v) is 8.79. The van der Waals surface area contributed by atoms with Crippen molar-refractivity contribution in [3.8, 4) is 0 Å². The van der Waals surface area contributed by atoms with Gasteiger partial charge in [0.2, 0.25) is 0 Å². The van der Waals surface area contributed by atoms with Crippen LogP contribution in [0.3, 0.4) is 0 Å². The molecule has 1 rings (SSSR count). The van der Waals surface area contributed by atoms with Crippen LogP contribution in [0.2, 0.25) is 0 Å². The van der Waals surface area contributed by atoms with Crippen LogP contribution in [0.5, 0.6) is 0 Å². The molecule has 19 heavy (non-hydrogen) atoms. The summed E-state index contributed by atoms with van der Waals surface area (Å²) in [5.74, 6) is 1.57. The summed E-state index contributed by atoms with van der Waals surface area (Å²) in [6, 6.07) is 0.673. The minimum absolute atomic E-state index is 0.219. The first-order valence-electron chi connectivity index (χ1n) is 8.00. The molecule has 2 unspecified atom stereocenters. The molecule has 0 saturated carbocycles. The van der Waals surface area contributed by atoms with E-state index in [0.29, 0.717) is 17.4 Å². The number of nitrogens with zero attached hydrogens (tertiary/aromatic N) is 1. The molecule has 0 bridgehead atoms. The van der Waals surface area contributed by atoms with E-state index in [1.54, 1.807) is 0 Å². The minimum Gasteiger partial charge on any atom is -0.311 e. The number of rotatable bonds is 4. The van der Waals surface area contributed by atoms with Crippen molar-refractivity contribution in [1.29, 1.82) is 0 Å². The summed E-state index contributed by atoms with van der Waals surface area (Å²) in [5, 5.41) is 3.69. The van der Waals surface area contributed by atoms with Crippen molar-refractivity contribution in [2.24, 2.45) is 17.3 Å². The molecule has 0 spiro atoms. The van der Waals surface area contributed by atoms with E-state index in [1.165, 1.54) is 19.5 Å². The van der Waals surface area contributed by atoms with Gasteiger partial charge in [0.05, 0.1) is 0 Å². The molecular formula is C17H36N2. The van der Waals surface area contributed by atoms with E-state index in [4.69, 9.17) is 0 Å². The summed E-state index contributed by atoms with van der Waals surface area (Å²) in [7, 11) is 0. The molecule has 0 aromatic carbocycles. The molecule has 2 nitrogen and oxygen atoms in total. The maximum atomic E-state index is 3.69. The van der Waals surface area contributed by atoms with E-state index in [-0.39, 0.29) is 5.54 Å². The van der Waals surface area contributed by atoms with Gasteiger partial charge in [0, 0.05) is 24.7 Å². The summed E-state index contributed by atoms with van der Waals surface area (Å²) >= 11 is 0. The third kappa shape index (κ3) is 5.43. The van der Waals surface area contributed by atoms with Crippen molar-refractivity contribution < 1.29 is 0 Å². The van der Waals surface area contributed by atoms with Gasteiger partial charge < -0.3 is 5.32 Å². The van der Waals surface area contributed by atoms with Crippen LogP contribution in [0.4, 0.5) is 0 Å². The van der Waals surface area contributed by atoms with E-state index in [0.717, 1.165) is 12.5 Å². The smallest absolute Gasteiger partial charge is 0.0243 e. The number of likely N-dealkylation sites (tertiary alicyclic amines) is 1. The third-order valence-corrected chi connectivity index (χ3v) is 4.52. The molecule has 1 aliphatic heterocycles. The Morgan fingerprint density at radius 3 is 2.05 bits per heavy atom. The Balaban J connectivity index is 2.59. The molecule has 1 N–H and O–H groups in total. The van der Waals surface area contributed by atoms with Gasteiger partial charge in [-0.25, -0.2) is 0 Å². The Morgan fingerprint density at radius 2 is 1.68 bits per heavy atom. The highest BCUT2D eigenvalue weighted by molar-refractivity contribution is 4.89. The lowest BCUT2D eigenvalue weighted by Gasteiger charge is -2.35. The average molecular weight is 268 g/mol. The fourth-order valence-corrected chi connectivity index (χ4v) is 2.99. The molecule has 0 amide bonds. The zero-order valence-electron chi connectivity index (χ0n) is 14.5. The molecule has 1 fully saturated rings. The van der Waals surface area contributed by atoms with E-state index >= 15 is 0 Å². The van der Waals surface area contributed by atoms with E-state index in [9.17, 15) is 0 Å². The topological polar surface area (TPSA) is 15.3 Å². The van der Waals surface area contributed by atoms with Crippen LogP contribution in [0, 0.1) is 17.3 Å². The van der Waals surface area contributed by atoms with Crippen molar-refractivity contribution in [2.75, 3.05) is 19.6 Å². The maximum Gasteiger partial charge on any atom is 0.0243 e. The predicted octanol–water partition coefficient (Wildman–Crippen LogP) is 3.77.